The van der Waals surface area contributed by atoms with Crippen molar-refractivity contribution in [2.45, 2.75) is 169 Å². The number of unbranched alkanes of at least 4 members (excludes halogenated alkanes) is 14. The first-order valence-electron chi connectivity index (χ1n) is 16.8. The molecule has 1 aliphatic rings. The van der Waals surface area contributed by atoms with Crippen molar-refractivity contribution in [3.8, 4) is 0 Å². The minimum atomic E-state index is 0.0321. The van der Waals surface area contributed by atoms with E-state index in [1.807, 2.05) is 25.7 Å². The number of carbonyl (C=O) groups is 2. The van der Waals surface area contributed by atoms with Crippen molar-refractivity contribution in [2.75, 3.05) is 32.9 Å². The fourth-order valence-corrected chi connectivity index (χ4v) is 4.85. The molecule has 1 aliphatic heterocycles. The molecule has 1 heterocycles. The Labute approximate surface area is 243 Å². The van der Waals surface area contributed by atoms with Gasteiger partial charge < -0.3 is 20.1 Å². The molecule has 6 heteroatoms. The van der Waals surface area contributed by atoms with Crippen LogP contribution in [0.4, 0.5) is 0 Å². The molecule has 1 rings (SSSR count). The van der Waals surface area contributed by atoms with Crippen LogP contribution in [0.25, 0.3) is 0 Å². The van der Waals surface area contributed by atoms with E-state index >= 15 is 0 Å². The standard InChI is InChI=1S/C18H37NO2.C13H25NO2.C2H6/c1-2-3-4-5-6-7-8-9-10-11-12-13-14-15-18(21)19-16-17-20;1-3-5-6-9-13(15)14-10-7-8-12(14)11-16-4-2;1-2/h20H,2-17H2,1H3,(H,19,21);12H,3-11H2,1-2H3;1-2H3. The summed E-state index contributed by atoms with van der Waals surface area (Å²) in [6, 6.07) is 0.342. The quantitative estimate of drug-likeness (QED) is 0.124. The molecule has 2 N–H and O–H groups in total. The van der Waals surface area contributed by atoms with Crippen LogP contribution in [-0.4, -0.2) is 60.8 Å². The second kappa shape index (κ2) is 33.1. The summed E-state index contributed by atoms with van der Waals surface area (Å²) in [6.45, 7) is 13.2. The molecule has 2 amide bonds. The van der Waals surface area contributed by atoms with Gasteiger partial charge in [0.05, 0.1) is 19.3 Å². The van der Waals surface area contributed by atoms with Crippen LogP contribution < -0.4 is 5.32 Å². The lowest BCUT2D eigenvalue weighted by Crippen LogP contribution is -2.38. The zero-order chi connectivity index (χ0) is 29.4. The van der Waals surface area contributed by atoms with E-state index in [4.69, 9.17) is 9.84 Å². The molecule has 0 spiro atoms. The highest BCUT2D eigenvalue weighted by Gasteiger charge is 2.27. The smallest absolute Gasteiger partial charge is 0.222 e. The Morgan fingerprint density at radius 3 is 1.77 bits per heavy atom. The highest BCUT2D eigenvalue weighted by molar-refractivity contribution is 5.76. The third-order valence-electron chi connectivity index (χ3n) is 7.15. The van der Waals surface area contributed by atoms with Gasteiger partial charge in [0, 0.05) is 32.5 Å². The van der Waals surface area contributed by atoms with Crippen LogP contribution in [0, 0.1) is 0 Å². The lowest BCUT2D eigenvalue weighted by atomic mass is 10.0. The molecule has 6 nitrogen and oxygen atoms in total. The Balaban J connectivity index is 0. The normalized spacial score (nSPS) is 14.3. The van der Waals surface area contributed by atoms with Gasteiger partial charge in [-0.2, -0.15) is 0 Å². The number of amides is 2. The van der Waals surface area contributed by atoms with E-state index in [9.17, 15) is 9.59 Å². The van der Waals surface area contributed by atoms with Gasteiger partial charge >= 0.3 is 0 Å². The Morgan fingerprint density at radius 2 is 1.26 bits per heavy atom. The van der Waals surface area contributed by atoms with E-state index in [1.165, 1.54) is 77.0 Å². The molecule has 1 fully saturated rings. The Bertz CT molecular complexity index is 516. The van der Waals surface area contributed by atoms with Gasteiger partial charge in [-0.3, -0.25) is 9.59 Å². The van der Waals surface area contributed by atoms with E-state index in [-0.39, 0.29) is 12.5 Å². The summed E-state index contributed by atoms with van der Waals surface area (Å²) >= 11 is 0. The first-order valence-corrected chi connectivity index (χ1v) is 16.8. The predicted octanol–water partition coefficient (Wildman–Crippen LogP) is 8.20. The fraction of sp³-hybridized carbons (Fsp3) is 0.939. The van der Waals surface area contributed by atoms with Crippen molar-refractivity contribution in [1.29, 1.82) is 0 Å². The van der Waals surface area contributed by atoms with Gasteiger partial charge in [-0.1, -0.05) is 118 Å². The van der Waals surface area contributed by atoms with Crippen molar-refractivity contribution in [2.24, 2.45) is 0 Å². The molecular formula is C33H68N2O4. The third-order valence-corrected chi connectivity index (χ3v) is 7.15. The number of nitrogens with one attached hydrogen (secondary N) is 1. The van der Waals surface area contributed by atoms with Crippen molar-refractivity contribution in [1.82, 2.24) is 10.2 Å². The molecule has 1 unspecified atom stereocenters. The molecule has 0 aromatic rings. The average molecular weight is 557 g/mol. The second-order valence-electron chi connectivity index (χ2n) is 10.6. The number of hydrogen-bond donors (Lipinski definition) is 2. The van der Waals surface area contributed by atoms with Crippen LogP contribution in [-0.2, 0) is 14.3 Å². The van der Waals surface area contributed by atoms with E-state index in [0.29, 0.717) is 24.9 Å². The largest absolute Gasteiger partial charge is 0.395 e. The number of carbonyl (C=O) groups excluding carboxylic acids is 2. The number of likely N-dealkylation sites (tertiary alicyclic amines) is 1. The topological polar surface area (TPSA) is 78.9 Å². The maximum atomic E-state index is 12.0. The minimum Gasteiger partial charge on any atom is -0.395 e. The van der Waals surface area contributed by atoms with Gasteiger partial charge in [0.1, 0.15) is 0 Å². The van der Waals surface area contributed by atoms with E-state index in [0.717, 1.165) is 64.7 Å². The number of nitrogens with zero attached hydrogens (tertiary/aromatic N) is 1. The lowest BCUT2D eigenvalue weighted by Gasteiger charge is -2.24. The molecule has 39 heavy (non-hydrogen) atoms. The molecular weight excluding hydrogens is 488 g/mol. The molecule has 1 atom stereocenters. The fourth-order valence-electron chi connectivity index (χ4n) is 4.85. The number of ether oxygens (including phenoxy) is 1. The molecule has 0 aromatic carbocycles. The summed E-state index contributed by atoms with van der Waals surface area (Å²) < 4.78 is 5.43. The molecule has 0 saturated carbocycles. The van der Waals surface area contributed by atoms with Crippen LogP contribution in [0.5, 0.6) is 0 Å². The zero-order valence-corrected chi connectivity index (χ0v) is 26.9. The average Bonchev–Trinajstić information content (AvgIpc) is 3.43. The molecule has 1 saturated heterocycles. The van der Waals surface area contributed by atoms with Crippen molar-refractivity contribution in [3.05, 3.63) is 0 Å². The summed E-state index contributed by atoms with van der Waals surface area (Å²) in [5, 5.41) is 11.3. The number of aliphatic hydroxyl groups excluding tert-OH is 1. The summed E-state index contributed by atoms with van der Waals surface area (Å²) in [7, 11) is 0. The zero-order valence-electron chi connectivity index (χ0n) is 26.9. The Kier molecular flexibility index (Phi) is 33.9. The number of aliphatic hydroxyl groups is 1. The predicted molar refractivity (Wildman–Crippen MR) is 167 cm³/mol. The SMILES string of the molecule is CC.CCCCCC(=O)N1CCCC1COCC.CCCCCCCCCCCCCCCC(=O)NCCO. The van der Waals surface area contributed by atoms with Gasteiger partial charge in [0.15, 0.2) is 0 Å². The molecule has 0 aliphatic carbocycles. The maximum absolute atomic E-state index is 12.0. The second-order valence-corrected chi connectivity index (χ2v) is 10.6. The molecule has 0 radical (unpaired) electrons. The molecule has 234 valence electrons. The summed E-state index contributed by atoms with van der Waals surface area (Å²) in [6.07, 6.45) is 24.2. The minimum absolute atomic E-state index is 0.0321. The number of rotatable bonds is 23. The van der Waals surface area contributed by atoms with E-state index in [2.05, 4.69) is 19.2 Å². The van der Waals surface area contributed by atoms with E-state index < -0.39 is 0 Å². The Morgan fingerprint density at radius 1 is 0.769 bits per heavy atom. The first kappa shape index (κ1) is 40.0. The van der Waals surface area contributed by atoms with Gasteiger partial charge in [0.25, 0.3) is 0 Å². The van der Waals surface area contributed by atoms with Crippen molar-refractivity contribution >= 4 is 11.8 Å². The van der Waals surface area contributed by atoms with Crippen LogP contribution >= 0.6 is 0 Å². The first-order chi connectivity index (χ1) is 19.1. The maximum Gasteiger partial charge on any atom is 0.222 e. The van der Waals surface area contributed by atoms with Crippen LogP contribution in [0.15, 0.2) is 0 Å². The van der Waals surface area contributed by atoms with Crippen molar-refractivity contribution < 1.29 is 19.4 Å². The highest BCUT2D eigenvalue weighted by atomic mass is 16.5. The Hall–Kier alpha value is -1.14. The molecule has 0 aromatic heterocycles. The van der Waals surface area contributed by atoms with Gasteiger partial charge in [0.2, 0.25) is 11.8 Å². The van der Waals surface area contributed by atoms with Crippen LogP contribution in [0.1, 0.15) is 163 Å². The van der Waals surface area contributed by atoms with Crippen LogP contribution in [0.3, 0.4) is 0 Å². The third kappa shape index (κ3) is 26.8. The molecule has 0 bridgehead atoms. The van der Waals surface area contributed by atoms with Crippen molar-refractivity contribution in [3.63, 3.8) is 0 Å². The summed E-state index contributed by atoms with van der Waals surface area (Å²) in [4.78, 5) is 25.3. The van der Waals surface area contributed by atoms with Gasteiger partial charge in [-0.05, 0) is 32.6 Å². The van der Waals surface area contributed by atoms with E-state index in [1.54, 1.807) is 0 Å². The lowest BCUT2D eigenvalue weighted by molar-refractivity contribution is -0.133. The van der Waals surface area contributed by atoms with Crippen LogP contribution in [0.2, 0.25) is 0 Å². The summed E-state index contributed by atoms with van der Waals surface area (Å²) in [5.74, 6) is 0.405. The van der Waals surface area contributed by atoms with Gasteiger partial charge in [-0.15, -0.1) is 0 Å². The summed E-state index contributed by atoms with van der Waals surface area (Å²) in [5.41, 5.74) is 0. The highest BCUT2D eigenvalue weighted by Crippen LogP contribution is 2.19. The monoisotopic (exact) mass is 557 g/mol. The number of hydrogen-bond acceptors (Lipinski definition) is 4. The van der Waals surface area contributed by atoms with Gasteiger partial charge in [-0.25, -0.2) is 0 Å².